The fourth-order valence-electron chi connectivity index (χ4n) is 5.19. The van der Waals surface area contributed by atoms with Gasteiger partial charge in [-0.3, -0.25) is 0 Å². The van der Waals surface area contributed by atoms with Crippen LogP contribution >= 0.6 is 0 Å². The summed E-state index contributed by atoms with van der Waals surface area (Å²) in [7, 11) is 2.29. The lowest BCUT2D eigenvalue weighted by Gasteiger charge is -2.41. The highest BCUT2D eigenvalue weighted by Gasteiger charge is 2.35. The van der Waals surface area contributed by atoms with Crippen molar-refractivity contribution in [3.63, 3.8) is 0 Å². The summed E-state index contributed by atoms with van der Waals surface area (Å²) in [4.78, 5) is 5.22. The molecule has 4 aliphatic heterocycles. The zero-order chi connectivity index (χ0) is 16.1. The van der Waals surface area contributed by atoms with Crippen molar-refractivity contribution in [2.24, 2.45) is 7.05 Å². The molecule has 2 fully saturated rings. The minimum atomic E-state index is 0.789. The van der Waals surface area contributed by atoms with Crippen LogP contribution in [0, 0.1) is 0 Å². The second kappa shape index (κ2) is 5.78. The molecule has 0 atom stereocenters. The second-order valence-electron chi connectivity index (χ2n) is 7.71. The number of piperidine rings is 1. The molecule has 5 heterocycles. The molecule has 4 aliphatic rings. The van der Waals surface area contributed by atoms with Gasteiger partial charge in [0.05, 0.1) is 5.52 Å². The average molecular weight is 324 g/mol. The molecular formula is C20H28N4. The third-order valence-corrected chi connectivity index (χ3v) is 6.41. The molecule has 0 spiro atoms. The summed E-state index contributed by atoms with van der Waals surface area (Å²) in [6.07, 6.45) is 3.85. The van der Waals surface area contributed by atoms with Gasteiger partial charge in [-0.1, -0.05) is 18.2 Å². The third-order valence-electron chi connectivity index (χ3n) is 6.41. The van der Waals surface area contributed by atoms with Crippen LogP contribution in [0.5, 0.6) is 0 Å². The van der Waals surface area contributed by atoms with Gasteiger partial charge < -0.3 is 19.7 Å². The van der Waals surface area contributed by atoms with E-state index in [2.05, 4.69) is 44.9 Å². The first-order chi connectivity index (χ1) is 11.8. The number of hydrogen-bond acceptors (Lipinski definition) is 3. The van der Waals surface area contributed by atoms with Gasteiger partial charge >= 0.3 is 0 Å². The minimum absolute atomic E-state index is 0.789. The molecule has 1 aromatic carbocycles. The minimum Gasteiger partial charge on any atom is -0.358 e. The lowest BCUT2D eigenvalue weighted by molar-refractivity contribution is 0.244. The first-order valence-corrected chi connectivity index (χ1v) is 9.61. The van der Waals surface area contributed by atoms with Crippen molar-refractivity contribution in [1.82, 2.24) is 14.8 Å². The van der Waals surface area contributed by atoms with Crippen LogP contribution in [0.15, 0.2) is 18.2 Å². The number of benzene rings is 1. The van der Waals surface area contributed by atoms with Crippen LogP contribution in [-0.2, 0) is 13.5 Å². The number of piperazine rings is 1. The van der Waals surface area contributed by atoms with E-state index in [1.54, 1.807) is 5.56 Å². The maximum Gasteiger partial charge on any atom is 0.112 e. The Hall–Kier alpha value is -1.52. The summed E-state index contributed by atoms with van der Waals surface area (Å²) >= 11 is 0. The fourth-order valence-corrected chi connectivity index (χ4v) is 5.19. The maximum absolute atomic E-state index is 3.45. The molecule has 0 aliphatic carbocycles. The number of nitrogens with one attached hydrogen (secondary N) is 1. The molecule has 1 N–H and O–H groups in total. The Kier molecular flexibility index (Phi) is 3.56. The molecule has 128 valence electrons. The maximum atomic E-state index is 3.45. The Morgan fingerprint density at radius 1 is 1.08 bits per heavy atom. The smallest absolute Gasteiger partial charge is 0.112 e. The van der Waals surface area contributed by atoms with E-state index in [-0.39, 0.29) is 0 Å². The molecule has 6 rings (SSSR count). The number of anilines is 1. The van der Waals surface area contributed by atoms with Crippen LogP contribution in [0.1, 0.15) is 29.9 Å². The molecular weight excluding hydrogens is 296 g/mol. The monoisotopic (exact) mass is 324 g/mol. The molecule has 0 amide bonds. The van der Waals surface area contributed by atoms with Crippen LogP contribution in [0.4, 0.5) is 5.82 Å². The summed E-state index contributed by atoms with van der Waals surface area (Å²) in [6, 6.07) is 7.00. The van der Waals surface area contributed by atoms with E-state index in [0.29, 0.717) is 0 Å². The van der Waals surface area contributed by atoms with E-state index in [4.69, 9.17) is 0 Å². The van der Waals surface area contributed by atoms with Crippen molar-refractivity contribution in [2.45, 2.75) is 25.2 Å². The first-order valence-electron chi connectivity index (χ1n) is 9.61. The topological polar surface area (TPSA) is 23.4 Å². The summed E-state index contributed by atoms with van der Waals surface area (Å²) in [5, 5.41) is 4.98. The SMILES string of the molecule is Cn1c2c(c3cccc(CCN4CCNCC4)c31)C1CCN2CC1. The van der Waals surface area contributed by atoms with Crippen LogP contribution in [0.25, 0.3) is 10.9 Å². The van der Waals surface area contributed by atoms with Crippen LogP contribution < -0.4 is 10.2 Å². The highest BCUT2D eigenvalue weighted by atomic mass is 15.3. The molecule has 4 nitrogen and oxygen atoms in total. The number of aromatic nitrogens is 1. The van der Waals surface area contributed by atoms with Gasteiger partial charge in [0.15, 0.2) is 0 Å². The van der Waals surface area contributed by atoms with Crippen molar-refractivity contribution in [3.8, 4) is 0 Å². The average Bonchev–Trinajstić information content (AvgIpc) is 2.98. The summed E-state index contributed by atoms with van der Waals surface area (Å²) < 4.78 is 2.50. The summed E-state index contributed by atoms with van der Waals surface area (Å²) in [5.41, 5.74) is 4.67. The third kappa shape index (κ3) is 2.20. The van der Waals surface area contributed by atoms with Gasteiger partial charge in [0.2, 0.25) is 0 Å². The van der Waals surface area contributed by atoms with Gasteiger partial charge in [0.25, 0.3) is 0 Å². The Morgan fingerprint density at radius 3 is 2.67 bits per heavy atom. The standard InChI is InChI=1S/C20H28N4/c1-22-19-16(5-10-23-13-8-21-9-14-23)3-2-4-17(19)18-15-6-11-24(12-7-15)20(18)22/h2-4,15,21H,5-14H2,1H3. The van der Waals surface area contributed by atoms with Gasteiger partial charge in [-0.05, 0) is 30.7 Å². The molecule has 2 bridgehead atoms. The van der Waals surface area contributed by atoms with Gasteiger partial charge in [-0.25, -0.2) is 0 Å². The molecule has 2 aromatic rings. The van der Waals surface area contributed by atoms with Crippen molar-refractivity contribution in [3.05, 3.63) is 29.3 Å². The van der Waals surface area contributed by atoms with E-state index < -0.39 is 0 Å². The lowest BCUT2D eigenvalue weighted by Crippen LogP contribution is -2.44. The Bertz CT molecular complexity index is 749. The van der Waals surface area contributed by atoms with Gasteiger partial charge in [0, 0.05) is 63.8 Å². The van der Waals surface area contributed by atoms with Crippen LogP contribution in [0.2, 0.25) is 0 Å². The van der Waals surface area contributed by atoms with E-state index in [1.165, 1.54) is 74.3 Å². The zero-order valence-electron chi connectivity index (χ0n) is 14.7. The molecule has 0 radical (unpaired) electrons. The van der Waals surface area contributed by atoms with Crippen LogP contribution in [0.3, 0.4) is 0 Å². The van der Waals surface area contributed by atoms with E-state index in [0.717, 1.165) is 19.0 Å². The Morgan fingerprint density at radius 2 is 1.88 bits per heavy atom. The van der Waals surface area contributed by atoms with E-state index in [9.17, 15) is 0 Å². The van der Waals surface area contributed by atoms with Crippen molar-refractivity contribution >= 4 is 16.7 Å². The largest absolute Gasteiger partial charge is 0.358 e. The second-order valence-corrected chi connectivity index (χ2v) is 7.71. The molecule has 24 heavy (non-hydrogen) atoms. The number of aryl methyl sites for hydroxylation is 1. The Labute approximate surface area is 144 Å². The number of nitrogens with zero attached hydrogens (tertiary/aromatic N) is 3. The molecule has 0 unspecified atom stereocenters. The predicted molar refractivity (Wildman–Crippen MR) is 100 cm³/mol. The van der Waals surface area contributed by atoms with E-state index >= 15 is 0 Å². The van der Waals surface area contributed by atoms with Crippen LogP contribution in [-0.4, -0.2) is 55.3 Å². The summed E-state index contributed by atoms with van der Waals surface area (Å²) in [6.45, 7) is 8.34. The highest BCUT2D eigenvalue weighted by molar-refractivity contribution is 5.94. The van der Waals surface area contributed by atoms with Gasteiger partial charge in [-0.2, -0.15) is 0 Å². The van der Waals surface area contributed by atoms with Crippen molar-refractivity contribution in [2.75, 3.05) is 50.7 Å². The molecule has 0 saturated carbocycles. The Balaban J connectivity index is 1.52. The summed E-state index contributed by atoms with van der Waals surface area (Å²) in [5.74, 6) is 2.30. The van der Waals surface area contributed by atoms with Crippen molar-refractivity contribution < 1.29 is 0 Å². The number of rotatable bonds is 3. The highest BCUT2D eigenvalue weighted by Crippen LogP contribution is 2.47. The molecule has 4 heteroatoms. The number of hydrogen-bond donors (Lipinski definition) is 1. The lowest BCUT2D eigenvalue weighted by atomic mass is 9.84. The number of para-hydroxylation sites is 1. The van der Waals surface area contributed by atoms with Crippen molar-refractivity contribution in [1.29, 1.82) is 0 Å². The van der Waals surface area contributed by atoms with Gasteiger partial charge in [0.1, 0.15) is 5.82 Å². The fraction of sp³-hybridized carbons (Fsp3) is 0.600. The predicted octanol–water partition coefficient (Wildman–Crippen LogP) is 2.32. The van der Waals surface area contributed by atoms with Gasteiger partial charge in [-0.15, -0.1) is 0 Å². The number of fused-ring (bicyclic) bond motifs is 3. The molecule has 1 aromatic heterocycles. The van der Waals surface area contributed by atoms with E-state index in [1.807, 2.05) is 0 Å². The molecule has 2 saturated heterocycles. The normalized spacial score (nSPS) is 21.6. The quantitative estimate of drug-likeness (QED) is 0.937. The zero-order valence-corrected chi connectivity index (χ0v) is 14.7. The first kappa shape index (κ1) is 14.8.